The van der Waals surface area contributed by atoms with Crippen LogP contribution in [0.25, 0.3) is 0 Å². The predicted molar refractivity (Wildman–Crippen MR) is 80.8 cm³/mol. The van der Waals surface area contributed by atoms with Gasteiger partial charge in [0.25, 0.3) is 0 Å². The fraction of sp³-hybridized carbons (Fsp3) is 0.625. The number of aryl methyl sites for hydroxylation is 2. The summed E-state index contributed by atoms with van der Waals surface area (Å²) in [4.78, 5) is 2.48. The van der Waals surface area contributed by atoms with Gasteiger partial charge in [0.1, 0.15) is 0 Å². The Labute approximate surface area is 116 Å². The second kappa shape index (κ2) is 5.51. The summed E-state index contributed by atoms with van der Waals surface area (Å²) in [7, 11) is 0. The summed E-state index contributed by atoms with van der Waals surface area (Å²) in [5.41, 5.74) is 4.09. The molecule has 1 aliphatic rings. The summed E-state index contributed by atoms with van der Waals surface area (Å²) in [6, 6.07) is 6.83. The van der Waals surface area contributed by atoms with E-state index in [1.807, 2.05) is 0 Å². The van der Waals surface area contributed by atoms with E-state index in [9.17, 15) is 5.11 Å². The first kappa shape index (κ1) is 14.4. The molecule has 1 aromatic carbocycles. The normalized spacial score (nSPS) is 22.6. The number of para-hydroxylation sites is 1. The minimum atomic E-state index is 0.112. The van der Waals surface area contributed by atoms with Crippen LogP contribution in [-0.4, -0.2) is 36.4 Å². The Balaban J connectivity index is 2.36. The van der Waals surface area contributed by atoms with Gasteiger partial charge in [-0.3, -0.25) is 0 Å². The molecular formula is C16H26N2O. The molecule has 1 aliphatic heterocycles. The first-order valence-corrected chi connectivity index (χ1v) is 7.13. The van der Waals surface area contributed by atoms with Gasteiger partial charge in [0.05, 0.1) is 0 Å². The van der Waals surface area contributed by atoms with Crippen molar-refractivity contribution in [1.82, 2.24) is 5.32 Å². The van der Waals surface area contributed by atoms with Gasteiger partial charge < -0.3 is 15.3 Å². The number of aliphatic hydroxyl groups excluding tert-OH is 1. The molecule has 0 bridgehead atoms. The molecule has 106 valence electrons. The van der Waals surface area contributed by atoms with E-state index in [2.05, 4.69) is 56.1 Å². The van der Waals surface area contributed by atoms with E-state index in [1.165, 1.54) is 16.8 Å². The fourth-order valence-electron chi connectivity index (χ4n) is 3.04. The van der Waals surface area contributed by atoms with Gasteiger partial charge in [-0.15, -0.1) is 0 Å². The number of benzene rings is 1. The highest BCUT2D eigenvalue weighted by atomic mass is 16.3. The second-order valence-corrected chi connectivity index (χ2v) is 6.30. The Morgan fingerprint density at radius 3 is 2.53 bits per heavy atom. The minimum Gasteiger partial charge on any atom is -0.396 e. The Bertz CT molecular complexity index is 422. The highest BCUT2D eigenvalue weighted by molar-refractivity contribution is 5.60. The molecule has 3 heteroatoms. The van der Waals surface area contributed by atoms with Crippen LogP contribution in [0.1, 0.15) is 31.4 Å². The lowest BCUT2D eigenvalue weighted by Crippen LogP contribution is -2.62. The predicted octanol–water partition coefficient (Wildman–Crippen LogP) is 2.24. The van der Waals surface area contributed by atoms with Crippen molar-refractivity contribution in [3.8, 4) is 0 Å². The quantitative estimate of drug-likeness (QED) is 0.877. The summed E-state index contributed by atoms with van der Waals surface area (Å²) in [6.45, 7) is 11.0. The number of anilines is 1. The van der Waals surface area contributed by atoms with Crippen LogP contribution in [0.4, 0.5) is 5.69 Å². The molecule has 0 radical (unpaired) electrons. The molecular weight excluding hydrogens is 236 g/mol. The highest BCUT2D eigenvalue weighted by Gasteiger charge is 2.33. The second-order valence-electron chi connectivity index (χ2n) is 6.30. The third-order valence-corrected chi connectivity index (χ3v) is 4.01. The van der Waals surface area contributed by atoms with Gasteiger partial charge in [-0.2, -0.15) is 0 Å². The molecule has 1 fully saturated rings. The summed E-state index contributed by atoms with van der Waals surface area (Å²) >= 11 is 0. The monoisotopic (exact) mass is 262 g/mol. The van der Waals surface area contributed by atoms with E-state index >= 15 is 0 Å². The molecule has 0 amide bonds. The number of aliphatic hydroxyl groups is 1. The van der Waals surface area contributed by atoms with E-state index in [0.29, 0.717) is 6.04 Å². The molecule has 0 aromatic heterocycles. The van der Waals surface area contributed by atoms with Gasteiger partial charge in [0.15, 0.2) is 0 Å². The first-order chi connectivity index (χ1) is 8.94. The lowest BCUT2D eigenvalue weighted by molar-refractivity contribution is 0.241. The Kier molecular flexibility index (Phi) is 4.16. The minimum absolute atomic E-state index is 0.112. The zero-order valence-electron chi connectivity index (χ0n) is 12.5. The van der Waals surface area contributed by atoms with Crippen molar-refractivity contribution < 1.29 is 5.11 Å². The van der Waals surface area contributed by atoms with E-state index in [4.69, 9.17) is 0 Å². The number of hydrogen-bond acceptors (Lipinski definition) is 3. The summed E-state index contributed by atoms with van der Waals surface area (Å²) < 4.78 is 0. The van der Waals surface area contributed by atoms with Crippen LogP contribution in [0.3, 0.4) is 0 Å². The SMILES string of the molecule is Cc1cccc(C)c1N1CC(C)(C)NCC1CCO. The molecule has 3 nitrogen and oxygen atoms in total. The van der Waals surface area contributed by atoms with E-state index in [0.717, 1.165) is 19.5 Å². The molecule has 1 atom stereocenters. The van der Waals surface area contributed by atoms with Crippen LogP contribution in [-0.2, 0) is 0 Å². The molecule has 0 spiro atoms. The molecule has 19 heavy (non-hydrogen) atoms. The standard InChI is InChI=1S/C16H26N2O/c1-12-6-5-7-13(2)15(12)18-11-16(3,4)17-10-14(18)8-9-19/h5-7,14,17,19H,8-11H2,1-4H3. The van der Waals surface area contributed by atoms with Crippen molar-refractivity contribution in [2.75, 3.05) is 24.6 Å². The largest absolute Gasteiger partial charge is 0.396 e. The van der Waals surface area contributed by atoms with Gasteiger partial charge in [-0.1, -0.05) is 18.2 Å². The lowest BCUT2D eigenvalue weighted by atomic mass is 9.94. The molecule has 1 saturated heterocycles. The third-order valence-electron chi connectivity index (χ3n) is 4.01. The maximum atomic E-state index is 9.30. The van der Waals surface area contributed by atoms with Crippen LogP contribution in [0.5, 0.6) is 0 Å². The molecule has 2 rings (SSSR count). The molecule has 1 aromatic rings. The summed E-state index contributed by atoms with van der Waals surface area (Å²) in [5, 5.41) is 12.9. The van der Waals surface area contributed by atoms with Crippen molar-refractivity contribution in [3.05, 3.63) is 29.3 Å². The zero-order chi connectivity index (χ0) is 14.0. The number of nitrogens with zero attached hydrogens (tertiary/aromatic N) is 1. The van der Waals surface area contributed by atoms with Crippen LogP contribution < -0.4 is 10.2 Å². The van der Waals surface area contributed by atoms with Gasteiger partial charge in [-0.05, 0) is 45.2 Å². The lowest BCUT2D eigenvalue weighted by Gasteiger charge is -2.47. The first-order valence-electron chi connectivity index (χ1n) is 7.13. The van der Waals surface area contributed by atoms with Crippen LogP contribution in [0.2, 0.25) is 0 Å². The van der Waals surface area contributed by atoms with E-state index in [1.54, 1.807) is 0 Å². The van der Waals surface area contributed by atoms with Crippen LogP contribution >= 0.6 is 0 Å². The smallest absolute Gasteiger partial charge is 0.0451 e. The van der Waals surface area contributed by atoms with Crippen molar-refractivity contribution >= 4 is 5.69 Å². The van der Waals surface area contributed by atoms with Crippen molar-refractivity contribution in [1.29, 1.82) is 0 Å². The number of rotatable bonds is 3. The molecule has 1 heterocycles. The van der Waals surface area contributed by atoms with Crippen LogP contribution in [0.15, 0.2) is 18.2 Å². The van der Waals surface area contributed by atoms with Gasteiger partial charge in [0.2, 0.25) is 0 Å². The van der Waals surface area contributed by atoms with Crippen molar-refractivity contribution in [3.63, 3.8) is 0 Å². The van der Waals surface area contributed by atoms with Crippen LogP contribution in [0, 0.1) is 13.8 Å². The number of hydrogen-bond donors (Lipinski definition) is 2. The van der Waals surface area contributed by atoms with E-state index < -0.39 is 0 Å². The maximum absolute atomic E-state index is 9.30. The number of nitrogens with one attached hydrogen (secondary N) is 1. The molecule has 0 saturated carbocycles. The van der Waals surface area contributed by atoms with Gasteiger partial charge in [-0.25, -0.2) is 0 Å². The van der Waals surface area contributed by atoms with E-state index in [-0.39, 0.29) is 12.1 Å². The van der Waals surface area contributed by atoms with Crippen molar-refractivity contribution in [2.45, 2.75) is 45.7 Å². The molecule has 2 N–H and O–H groups in total. The highest BCUT2D eigenvalue weighted by Crippen LogP contribution is 2.30. The average Bonchev–Trinajstić information content (AvgIpc) is 2.32. The molecule has 1 unspecified atom stereocenters. The third kappa shape index (κ3) is 3.10. The van der Waals surface area contributed by atoms with Gasteiger partial charge >= 0.3 is 0 Å². The zero-order valence-corrected chi connectivity index (χ0v) is 12.5. The summed E-state index contributed by atoms with van der Waals surface area (Å²) in [5.74, 6) is 0. The van der Waals surface area contributed by atoms with Crippen molar-refractivity contribution in [2.24, 2.45) is 0 Å². The van der Waals surface area contributed by atoms with Gasteiger partial charge in [0, 0.05) is 37.0 Å². The summed E-state index contributed by atoms with van der Waals surface area (Å²) in [6.07, 6.45) is 0.816. The number of piperazine rings is 1. The fourth-order valence-corrected chi connectivity index (χ4v) is 3.04. The maximum Gasteiger partial charge on any atom is 0.0451 e. The Hall–Kier alpha value is -1.06. The Morgan fingerprint density at radius 2 is 1.95 bits per heavy atom. The Morgan fingerprint density at radius 1 is 1.32 bits per heavy atom. The molecule has 0 aliphatic carbocycles. The topological polar surface area (TPSA) is 35.5 Å². The average molecular weight is 262 g/mol.